The molecule has 0 radical (unpaired) electrons. The lowest BCUT2D eigenvalue weighted by atomic mass is 10.1. The minimum Gasteiger partial charge on any atom is -0.334 e. The largest absolute Gasteiger partial charge is 0.334 e. The van der Waals surface area contributed by atoms with Gasteiger partial charge in [-0.2, -0.15) is 4.98 Å². The molecule has 0 atom stereocenters. The molecule has 1 heterocycles. The van der Waals surface area contributed by atoms with Crippen LogP contribution in [0.15, 0.2) is 53.1 Å². The molecular formula is C16H15N3O. The fourth-order valence-electron chi connectivity index (χ4n) is 2.11. The molecule has 0 unspecified atom stereocenters. The Balaban J connectivity index is 2.00. The van der Waals surface area contributed by atoms with E-state index in [4.69, 9.17) is 10.3 Å². The quantitative estimate of drug-likeness (QED) is 0.790. The van der Waals surface area contributed by atoms with Gasteiger partial charge in [-0.05, 0) is 30.2 Å². The van der Waals surface area contributed by atoms with Crippen LogP contribution in [-0.4, -0.2) is 10.1 Å². The first-order chi connectivity index (χ1) is 9.78. The smallest absolute Gasteiger partial charge is 0.258 e. The fraction of sp³-hybridized carbons (Fsp3) is 0.125. The van der Waals surface area contributed by atoms with E-state index in [0.29, 0.717) is 18.3 Å². The summed E-state index contributed by atoms with van der Waals surface area (Å²) in [5.74, 6) is 1.12. The molecule has 4 nitrogen and oxygen atoms in total. The van der Waals surface area contributed by atoms with Crippen LogP contribution in [0.4, 0.5) is 0 Å². The van der Waals surface area contributed by atoms with E-state index < -0.39 is 0 Å². The predicted molar refractivity (Wildman–Crippen MR) is 77.8 cm³/mol. The topological polar surface area (TPSA) is 64.9 Å². The number of hydrogen-bond acceptors (Lipinski definition) is 4. The summed E-state index contributed by atoms with van der Waals surface area (Å²) in [4.78, 5) is 4.47. The molecule has 2 N–H and O–H groups in total. The Hall–Kier alpha value is -2.46. The molecule has 0 bridgehead atoms. The zero-order valence-electron chi connectivity index (χ0n) is 11.2. The number of aryl methyl sites for hydroxylation is 1. The highest BCUT2D eigenvalue weighted by molar-refractivity contribution is 5.62. The Kier molecular flexibility index (Phi) is 3.31. The van der Waals surface area contributed by atoms with E-state index in [1.54, 1.807) is 0 Å². The first kappa shape index (κ1) is 12.6. The average Bonchev–Trinajstić information content (AvgIpc) is 2.97. The van der Waals surface area contributed by atoms with E-state index in [1.165, 1.54) is 0 Å². The van der Waals surface area contributed by atoms with Crippen molar-refractivity contribution in [3.63, 3.8) is 0 Å². The maximum Gasteiger partial charge on any atom is 0.258 e. The SMILES string of the molecule is Cc1ccccc1-c1noc(-c2cccc(CN)c2)n1. The Morgan fingerprint density at radius 2 is 1.95 bits per heavy atom. The molecule has 3 aromatic rings. The van der Waals surface area contributed by atoms with E-state index in [9.17, 15) is 0 Å². The third-order valence-electron chi connectivity index (χ3n) is 3.22. The van der Waals surface area contributed by atoms with Gasteiger partial charge in [-0.1, -0.05) is 41.6 Å². The summed E-state index contributed by atoms with van der Waals surface area (Å²) < 4.78 is 5.36. The summed E-state index contributed by atoms with van der Waals surface area (Å²) in [6, 6.07) is 15.8. The molecule has 0 fully saturated rings. The van der Waals surface area contributed by atoms with Crippen LogP contribution in [0.5, 0.6) is 0 Å². The first-order valence-corrected chi connectivity index (χ1v) is 6.47. The summed E-state index contributed by atoms with van der Waals surface area (Å²) in [6.45, 7) is 2.52. The van der Waals surface area contributed by atoms with Crippen LogP contribution in [0, 0.1) is 6.92 Å². The molecular weight excluding hydrogens is 250 g/mol. The van der Waals surface area contributed by atoms with Gasteiger partial charge in [-0.25, -0.2) is 0 Å². The van der Waals surface area contributed by atoms with Crippen LogP contribution in [0.3, 0.4) is 0 Å². The molecule has 4 heteroatoms. The van der Waals surface area contributed by atoms with Gasteiger partial charge < -0.3 is 10.3 Å². The van der Waals surface area contributed by atoms with Crippen molar-refractivity contribution < 1.29 is 4.52 Å². The van der Waals surface area contributed by atoms with Gasteiger partial charge in [0.05, 0.1) is 0 Å². The van der Waals surface area contributed by atoms with Crippen LogP contribution < -0.4 is 5.73 Å². The van der Waals surface area contributed by atoms with Gasteiger partial charge >= 0.3 is 0 Å². The summed E-state index contributed by atoms with van der Waals surface area (Å²) in [7, 11) is 0. The molecule has 0 amide bonds. The first-order valence-electron chi connectivity index (χ1n) is 6.47. The zero-order valence-corrected chi connectivity index (χ0v) is 11.2. The molecule has 0 aliphatic carbocycles. The predicted octanol–water partition coefficient (Wildman–Crippen LogP) is 3.17. The summed E-state index contributed by atoms with van der Waals surface area (Å²) >= 11 is 0. The average molecular weight is 265 g/mol. The van der Waals surface area contributed by atoms with Gasteiger partial charge in [0.2, 0.25) is 5.82 Å². The van der Waals surface area contributed by atoms with Crippen molar-refractivity contribution >= 4 is 0 Å². The maximum absolute atomic E-state index is 5.65. The van der Waals surface area contributed by atoms with Crippen molar-refractivity contribution in [2.75, 3.05) is 0 Å². The van der Waals surface area contributed by atoms with E-state index in [-0.39, 0.29) is 0 Å². The van der Waals surface area contributed by atoms with Gasteiger partial charge in [0.15, 0.2) is 0 Å². The van der Waals surface area contributed by atoms with Gasteiger partial charge in [-0.3, -0.25) is 0 Å². The van der Waals surface area contributed by atoms with Crippen molar-refractivity contribution in [2.24, 2.45) is 5.73 Å². The number of aromatic nitrogens is 2. The van der Waals surface area contributed by atoms with E-state index in [0.717, 1.165) is 22.3 Å². The van der Waals surface area contributed by atoms with Gasteiger partial charge in [0.1, 0.15) is 0 Å². The summed E-state index contributed by atoms with van der Waals surface area (Å²) in [6.07, 6.45) is 0. The lowest BCUT2D eigenvalue weighted by Gasteiger charge is -1.99. The highest BCUT2D eigenvalue weighted by Gasteiger charge is 2.12. The van der Waals surface area contributed by atoms with E-state index in [1.807, 2.05) is 55.5 Å². The standard InChI is InChI=1S/C16H15N3O/c1-11-5-2-3-8-14(11)15-18-16(20-19-15)13-7-4-6-12(9-13)10-17/h2-9H,10,17H2,1H3. The third kappa shape index (κ3) is 2.33. The van der Waals surface area contributed by atoms with Crippen molar-refractivity contribution in [3.05, 3.63) is 59.7 Å². The lowest BCUT2D eigenvalue weighted by Crippen LogP contribution is -1.95. The summed E-state index contributed by atoms with van der Waals surface area (Å²) in [5, 5.41) is 4.06. The van der Waals surface area contributed by atoms with E-state index in [2.05, 4.69) is 10.1 Å². The van der Waals surface area contributed by atoms with Crippen LogP contribution >= 0.6 is 0 Å². The van der Waals surface area contributed by atoms with Gasteiger partial charge in [0, 0.05) is 17.7 Å². The van der Waals surface area contributed by atoms with Crippen LogP contribution in [0.2, 0.25) is 0 Å². The minimum absolute atomic E-state index is 0.493. The zero-order chi connectivity index (χ0) is 13.9. The third-order valence-corrected chi connectivity index (χ3v) is 3.22. The molecule has 0 spiro atoms. The van der Waals surface area contributed by atoms with Crippen LogP contribution in [0.25, 0.3) is 22.8 Å². The number of hydrogen-bond donors (Lipinski definition) is 1. The molecule has 0 saturated carbocycles. The number of nitrogens with two attached hydrogens (primary N) is 1. The summed E-state index contributed by atoms with van der Waals surface area (Å²) in [5.41, 5.74) is 9.68. The lowest BCUT2D eigenvalue weighted by molar-refractivity contribution is 0.432. The molecule has 20 heavy (non-hydrogen) atoms. The maximum atomic E-state index is 5.65. The molecule has 2 aromatic carbocycles. The number of rotatable bonds is 3. The fourth-order valence-corrected chi connectivity index (χ4v) is 2.11. The van der Waals surface area contributed by atoms with Gasteiger partial charge in [0.25, 0.3) is 5.89 Å². The normalized spacial score (nSPS) is 10.7. The number of nitrogens with zero attached hydrogens (tertiary/aromatic N) is 2. The molecule has 3 rings (SSSR count). The van der Waals surface area contributed by atoms with Crippen LogP contribution in [-0.2, 0) is 6.54 Å². The van der Waals surface area contributed by atoms with Crippen molar-refractivity contribution in [1.29, 1.82) is 0 Å². The van der Waals surface area contributed by atoms with E-state index >= 15 is 0 Å². The highest BCUT2D eigenvalue weighted by atomic mass is 16.5. The highest BCUT2D eigenvalue weighted by Crippen LogP contribution is 2.24. The second-order valence-electron chi connectivity index (χ2n) is 4.64. The molecule has 0 aliphatic rings. The van der Waals surface area contributed by atoms with Gasteiger partial charge in [-0.15, -0.1) is 0 Å². The van der Waals surface area contributed by atoms with Crippen LogP contribution in [0.1, 0.15) is 11.1 Å². The molecule has 0 saturated heterocycles. The molecule has 100 valence electrons. The Bertz CT molecular complexity index is 734. The van der Waals surface area contributed by atoms with Crippen molar-refractivity contribution in [3.8, 4) is 22.8 Å². The monoisotopic (exact) mass is 265 g/mol. The molecule has 1 aromatic heterocycles. The molecule has 0 aliphatic heterocycles. The van der Waals surface area contributed by atoms with Crippen molar-refractivity contribution in [2.45, 2.75) is 13.5 Å². The Morgan fingerprint density at radius 1 is 1.10 bits per heavy atom. The second-order valence-corrected chi connectivity index (χ2v) is 4.64. The Labute approximate surface area is 117 Å². The minimum atomic E-state index is 0.493. The number of benzene rings is 2. The Morgan fingerprint density at radius 3 is 2.75 bits per heavy atom. The van der Waals surface area contributed by atoms with Crippen molar-refractivity contribution in [1.82, 2.24) is 10.1 Å². The second kappa shape index (κ2) is 5.27.